The van der Waals surface area contributed by atoms with Gasteiger partial charge < -0.3 is 4.74 Å². The monoisotopic (exact) mass is 268 g/mol. The normalized spacial score (nSPS) is 15.5. The van der Waals surface area contributed by atoms with Gasteiger partial charge in [-0.25, -0.2) is 0 Å². The Morgan fingerprint density at radius 1 is 1.42 bits per heavy atom. The smallest absolute Gasteiger partial charge is 0.0831 e. The van der Waals surface area contributed by atoms with Gasteiger partial charge in [0.05, 0.1) is 18.3 Å². The fourth-order valence-corrected chi connectivity index (χ4v) is 2.28. The number of ether oxygens (including phenoxy) is 1. The van der Waals surface area contributed by atoms with E-state index in [0.29, 0.717) is 6.61 Å². The molecule has 0 aromatic carbocycles. The first-order chi connectivity index (χ1) is 8.93. The van der Waals surface area contributed by atoms with Crippen molar-refractivity contribution in [2.24, 2.45) is 11.3 Å². The maximum absolute atomic E-state index is 5.90. The van der Waals surface area contributed by atoms with Crippen molar-refractivity contribution in [3.63, 3.8) is 0 Å². The molecule has 0 aliphatic carbocycles. The van der Waals surface area contributed by atoms with Crippen molar-refractivity contribution in [1.82, 2.24) is 15.2 Å². The highest BCUT2D eigenvalue weighted by Gasteiger charge is 2.34. The van der Waals surface area contributed by atoms with E-state index in [1.165, 1.54) is 0 Å². The Bertz CT molecular complexity index is 370. The zero-order chi connectivity index (χ0) is 14.5. The van der Waals surface area contributed by atoms with Crippen LogP contribution in [0.4, 0.5) is 0 Å². The molecule has 2 unspecified atom stereocenters. The molecule has 0 bridgehead atoms. The number of rotatable bonds is 7. The number of aryl methyl sites for hydroxylation is 1. The second kappa shape index (κ2) is 7.03. The van der Waals surface area contributed by atoms with Crippen LogP contribution in [-0.4, -0.2) is 22.5 Å². The van der Waals surface area contributed by atoms with E-state index in [1.807, 2.05) is 24.0 Å². The fraction of sp³-hybridized carbons (Fsp3) is 0.786. The Balaban J connectivity index is 2.95. The number of nitrogens with zero attached hydrogens (tertiary/aromatic N) is 2. The molecule has 1 heterocycles. The van der Waals surface area contributed by atoms with Gasteiger partial charge in [0.25, 0.3) is 0 Å². The maximum atomic E-state index is 5.90. The molecule has 2 atom stereocenters. The highest BCUT2D eigenvalue weighted by molar-refractivity contribution is 5.13. The predicted molar refractivity (Wildman–Crippen MR) is 77.5 cm³/mol. The van der Waals surface area contributed by atoms with E-state index in [9.17, 15) is 0 Å². The Labute approximate surface area is 116 Å². The summed E-state index contributed by atoms with van der Waals surface area (Å²) in [7, 11) is 0. The van der Waals surface area contributed by atoms with Gasteiger partial charge in [0.15, 0.2) is 0 Å². The molecule has 19 heavy (non-hydrogen) atoms. The van der Waals surface area contributed by atoms with Crippen molar-refractivity contribution in [2.45, 2.75) is 59.7 Å². The molecule has 0 spiro atoms. The van der Waals surface area contributed by atoms with Crippen molar-refractivity contribution in [1.29, 1.82) is 0 Å². The average molecular weight is 268 g/mol. The second-order valence-electron chi connectivity index (χ2n) is 5.92. The third-order valence-corrected chi connectivity index (χ3v) is 3.15. The van der Waals surface area contributed by atoms with Gasteiger partial charge in [-0.1, -0.05) is 27.7 Å². The summed E-state index contributed by atoms with van der Waals surface area (Å²) in [5, 5.41) is 4.36. The van der Waals surface area contributed by atoms with E-state index < -0.39 is 0 Å². The number of nitrogens with one attached hydrogen (secondary N) is 1. The molecule has 0 saturated heterocycles. The van der Waals surface area contributed by atoms with E-state index in [1.54, 1.807) is 0 Å². The molecule has 0 aliphatic rings. The quantitative estimate of drug-likeness (QED) is 0.588. The molecule has 0 amide bonds. The van der Waals surface area contributed by atoms with Crippen LogP contribution < -0.4 is 11.3 Å². The standard InChI is InChI=1S/C14H28N4O/c1-6-8-18-10-11(9-16-18)12(17-15)13(19-7-2)14(3,4)5/h9-10,12-13,17H,6-8,15H2,1-5H3. The van der Waals surface area contributed by atoms with E-state index in [-0.39, 0.29) is 17.6 Å². The van der Waals surface area contributed by atoms with Crippen molar-refractivity contribution in [2.75, 3.05) is 6.61 Å². The topological polar surface area (TPSA) is 65.1 Å². The van der Waals surface area contributed by atoms with E-state index in [2.05, 4.69) is 38.2 Å². The minimum absolute atomic E-state index is 0.0000963. The minimum atomic E-state index is -0.0504. The van der Waals surface area contributed by atoms with Gasteiger partial charge in [0, 0.05) is 24.9 Å². The molecule has 0 fully saturated rings. The summed E-state index contributed by atoms with van der Waals surface area (Å²) >= 11 is 0. The molecule has 5 nitrogen and oxygen atoms in total. The third-order valence-electron chi connectivity index (χ3n) is 3.15. The SMILES string of the molecule is CCCn1cc(C(NN)C(OCC)C(C)(C)C)cn1. The molecule has 1 aromatic rings. The number of hydrazine groups is 1. The summed E-state index contributed by atoms with van der Waals surface area (Å²) in [5.41, 5.74) is 3.96. The maximum Gasteiger partial charge on any atom is 0.0831 e. The summed E-state index contributed by atoms with van der Waals surface area (Å²) in [6, 6.07) is -0.0504. The molecule has 1 aromatic heterocycles. The zero-order valence-electron chi connectivity index (χ0n) is 12.8. The fourth-order valence-electron chi connectivity index (χ4n) is 2.28. The summed E-state index contributed by atoms with van der Waals surface area (Å²) < 4.78 is 7.85. The van der Waals surface area contributed by atoms with Crippen LogP contribution in [0, 0.1) is 5.41 Å². The highest BCUT2D eigenvalue weighted by Crippen LogP contribution is 2.32. The van der Waals surface area contributed by atoms with Crippen LogP contribution >= 0.6 is 0 Å². The number of hydrogen-bond donors (Lipinski definition) is 2. The van der Waals surface area contributed by atoms with E-state index in [0.717, 1.165) is 18.5 Å². The van der Waals surface area contributed by atoms with Crippen LogP contribution in [-0.2, 0) is 11.3 Å². The third kappa shape index (κ3) is 4.30. The Morgan fingerprint density at radius 3 is 2.58 bits per heavy atom. The predicted octanol–water partition coefficient (Wildman–Crippen LogP) is 2.25. The van der Waals surface area contributed by atoms with Gasteiger partial charge in [-0.15, -0.1) is 0 Å². The minimum Gasteiger partial charge on any atom is -0.376 e. The van der Waals surface area contributed by atoms with Crippen molar-refractivity contribution in [3.8, 4) is 0 Å². The molecule has 5 heteroatoms. The molecule has 0 radical (unpaired) electrons. The first kappa shape index (κ1) is 16.1. The van der Waals surface area contributed by atoms with Gasteiger partial charge >= 0.3 is 0 Å². The van der Waals surface area contributed by atoms with Crippen LogP contribution in [0.25, 0.3) is 0 Å². The molecule has 3 N–H and O–H groups in total. The highest BCUT2D eigenvalue weighted by atomic mass is 16.5. The van der Waals surface area contributed by atoms with Crippen molar-refractivity contribution >= 4 is 0 Å². The summed E-state index contributed by atoms with van der Waals surface area (Å²) in [6.07, 6.45) is 4.99. The lowest BCUT2D eigenvalue weighted by Gasteiger charge is -2.36. The number of hydrogen-bond acceptors (Lipinski definition) is 4. The van der Waals surface area contributed by atoms with Gasteiger partial charge in [0.2, 0.25) is 0 Å². The van der Waals surface area contributed by atoms with Crippen LogP contribution in [0.2, 0.25) is 0 Å². The average Bonchev–Trinajstić information content (AvgIpc) is 2.77. The summed E-state index contributed by atoms with van der Waals surface area (Å²) in [5.74, 6) is 5.75. The van der Waals surface area contributed by atoms with Gasteiger partial charge in [-0.05, 0) is 18.8 Å². The van der Waals surface area contributed by atoms with Gasteiger partial charge in [0.1, 0.15) is 0 Å². The largest absolute Gasteiger partial charge is 0.376 e. The number of aromatic nitrogens is 2. The number of nitrogens with two attached hydrogens (primary N) is 1. The van der Waals surface area contributed by atoms with Crippen molar-refractivity contribution < 1.29 is 4.74 Å². The molecular weight excluding hydrogens is 240 g/mol. The molecule has 1 rings (SSSR count). The van der Waals surface area contributed by atoms with Gasteiger partial charge in [-0.3, -0.25) is 16.0 Å². The Hall–Kier alpha value is -0.910. The lowest BCUT2D eigenvalue weighted by molar-refractivity contribution is -0.0366. The molecule has 110 valence electrons. The summed E-state index contributed by atoms with van der Waals surface area (Å²) in [4.78, 5) is 0. The van der Waals surface area contributed by atoms with Crippen LogP contribution in [0.1, 0.15) is 52.6 Å². The van der Waals surface area contributed by atoms with Gasteiger partial charge in [-0.2, -0.15) is 5.10 Å². The molecule has 0 saturated carbocycles. The van der Waals surface area contributed by atoms with Crippen LogP contribution in [0.5, 0.6) is 0 Å². The first-order valence-corrected chi connectivity index (χ1v) is 7.04. The molecule has 0 aliphatic heterocycles. The van der Waals surface area contributed by atoms with Crippen molar-refractivity contribution in [3.05, 3.63) is 18.0 Å². The Kier molecular flexibility index (Phi) is 5.97. The summed E-state index contributed by atoms with van der Waals surface area (Å²) in [6.45, 7) is 12.2. The lowest BCUT2D eigenvalue weighted by Crippen LogP contribution is -2.44. The molecular formula is C14H28N4O. The van der Waals surface area contributed by atoms with E-state index >= 15 is 0 Å². The van der Waals surface area contributed by atoms with E-state index in [4.69, 9.17) is 10.6 Å². The zero-order valence-corrected chi connectivity index (χ0v) is 12.8. The van der Waals surface area contributed by atoms with Crippen LogP contribution in [0.3, 0.4) is 0 Å². The second-order valence-corrected chi connectivity index (χ2v) is 5.92. The first-order valence-electron chi connectivity index (χ1n) is 7.04. The Morgan fingerprint density at radius 2 is 2.11 bits per heavy atom. The van der Waals surface area contributed by atoms with Crippen LogP contribution in [0.15, 0.2) is 12.4 Å². The lowest BCUT2D eigenvalue weighted by atomic mass is 9.83.